The summed E-state index contributed by atoms with van der Waals surface area (Å²) in [6, 6.07) is 6.05. The highest BCUT2D eigenvalue weighted by molar-refractivity contribution is 5.72. The van der Waals surface area contributed by atoms with Crippen molar-refractivity contribution in [3.63, 3.8) is 0 Å². The topological polar surface area (TPSA) is 55.8 Å². The molecule has 4 nitrogen and oxygen atoms in total. The van der Waals surface area contributed by atoms with E-state index in [0.29, 0.717) is 6.42 Å². The lowest BCUT2D eigenvalue weighted by Gasteiger charge is -2.09. The average molecular weight is 226 g/mol. The zero-order valence-corrected chi connectivity index (χ0v) is 8.43. The molecule has 1 saturated heterocycles. The summed E-state index contributed by atoms with van der Waals surface area (Å²) in [7, 11) is 0. The number of carboxylic acids is 1. The van der Waals surface area contributed by atoms with Gasteiger partial charge in [0.15, 0.2) is 12.4 Å². The van der Waals surface area contributed by atoms with Crippen LogP contribution in [0.15, 0.2) is 24.3 Å². The summed E-state index contributed by atoms with van der Waals surface area (Å²) in [4.78, 5) is 10.6. The molecule has 0 spiro atoms. The maximum Gasteiger partial charge on any atom is 0.335 e. The second kappa shape index (κ2) is 4.59. The van der Waals surface area contributed by atoms with E-state index >= 15 is 0 Å². The first-order valence-corrected chi connectivity index (χ1v) is 4.89. The van der Waals surface area contributed by atoms with Crippen LogP contribution < -0.4 is 0 Å². The van der Waals surface area contributed by atoms with Crippen molar-refractivity contribution < 1.29 is 23.8 Å². The molecule has 1 aliphatic rings. The third kappa shape index (κ3) is 2.56. The Hall–Kier alpha value is -1.46. The van der Waals surface area contributed by atoms with Gasteiger partial charge in [0, 0.05) is 6.42 Å². The molecule has 0 aliphatic carbocycles. The van der Waals surface area contributed by atoms with Crippen molar-refractivity contribution >= 4 is 5.97 Å². The first-order chi connectivity index (χ1) is 7.65. The van der Waals surface area contributed by atoms with Gasteiger partial charge in [-0.2, -0.15) is 0 Å². The normalized spacial score (nSPS) is 24.6. The Labute approximate surface area is 91.6 Å². The number of ether oxygens (including phenoxy) is 2. The molecule has 0 aromatic heterocycles. The molecule has 0 bridgehead atoms. The van der Waals surface area contributed by atoms with E-state index in [2.05, 4.69) is 0 Å². The molecule has 1 aromatic carbocycles. The van der Waals surface area contributed by atoms with Gasteiger partial charge in [0.1, 0.15) is 5.82 Å². The summed E-state index contributed by atoms with van der Waals surface area (Å²) in [6.07, 6.45) is -1.18. The molecule has 1 fully saturated rings. The molecule has 0 radical (unpaired) electrons. The third-order valence-electron chi connectivity index (χ3n) is 2.32. The number of hydrogen-bond donors (Lipinski definition) is 1. The summed E-state index contributed by atoms with van der Waals surface area (Å²) >= 11 is 0. The maximum absolute atomic E-state index is 12.9. The van der Waals surface area contributed by atoms with Crippen molar-refractivity contribution in [1.29, 1.82) is 0 Å². The standard InChI is InChI=1S/C11H11FO4/c12-8-3-1-2-7(4-8)5-10-15-6-9(16-10)11(13)14/h1-4,9-10H,5-6H2,(H,13,14). The molecule has 0 amide bonds. The van der Waals surface area contributed by atoms with Gasteiger partial charge in [-0.15, -0.1) is 0 Å². The summed E-state index contributed by atoms with van der Waals surface area (Å²) in [6.45, 7) is 0.0370. The molecule has 0 saturated carbocycles. The second-order valence-electron chi connectivity index (χ2n) is 3.56. The monoisotopic (exact) mass is 226 g/mol. The Morgan fingerprint density at radius 1 is 1.56 bits per heavy atom. The van der Waals surface area contributed by atoms with Crippen LogP contribution in [0.5, 0.6) is 0 Å². The van der Waals surface area contributed by atoms with Crippen molar-refractivity contribution in [2.75, 3.05) is 6.61 Å². The van der Waals surface area contributed by atoms with E-state index in [1.807, 2.05) is 0 Å². The van der Waals surface area contributed by atoms with E-state index in [1.165, 1.54) is 12.1 Å². The van der Waals surface area contributed by atoms with Gasteiger partial charge in [-0.05, 0) is 17.7 Å². The van der Waals surface area contributed by atoms with Gasteiger partial charge in [-0.3, -0.25) is 0 Å². The molecule has 86 valence electrons. The first-order valence-electron chi connectivity index (χ1n) is 4.89. The van der Waals surface area contributed by atoms with Crippen molar-refractivity contribution in [1.82, 2.24) is 0 Å². The quantitative estimate of drug-likeness (QED) is 0.841. The molecule has 1 aromatic rings. The summed E-state index contributed by atoms with van der Waals surface area (Å²) in [5.74, 6) is -1.37. The van der Waals surface area contributed by atoms with Crippen LogP contribution in [-0.4, -0.2) is 30.1 Å². The Kier molecular flexibility index (Phi) is 3.17. The van der Waals surface area contributed by atoms with E-state index in [0.717, 1.165) is 5.56 Å². The fraction of sp³-hybridized carbons (Fsp3) is 0.364. The zero-order chi connectivity index (χ0) is 11.5. The minimum Gasteiger partial charge on any atom is -0.479 e. The van der Waals surface area contributed by atoms with Gasteiger partial charge in [-0.25, -0.2) is 9.18 Å². The van der Waals surface area contributed by atoms with Gasteiger partial charge in [-0.1, -0.05) is 12.1 Å². The number of carbonyl (C=O) groups is 1. The Morgan fingerprint density at radius 3 is 3.00 bits per heavy atom. The molecule has 1 aliphatic heterocycles. The Morgan fingerprint density at radius 2 is 2.38 bits per heavy atom. The highest BCUT2D eigenvalue weighted by Crippen LogP contribution is 2.17. The summed E-state index contributed by atoms with van der Waals surface area (Å²) in [5.41, 5.74) is 0.719. The van der Waals surface area contributed by atoms with E-state index in [9.17, 15) is 9.18 Å². The number of aliphatic carboxylic acids is 1. The largest absolute Gasteiger partial charge is 0.479 e. The SMILES string of the molecule is O=C(O)C1COC(Cc2cccc(F)c2)O1. The van der Waals surface area contributed by atoms with Crippen molar-refractivity contribution in [2.45, 2.75) is 18.8 Å². The minimum atomic E-state index is -1.04. The van der Waals surface area contributed by atoms with Gasteiger partial charge in [0.05, 0.1) is 6.61 Å². The van der Waals surface area contributed by atoms with Crippen LogP contribution >= 0.6 is 0 Å². The van der Waals surface area contributed by atoms with E-state index in [-0.39, 0.29) is 12.4 Å². The van der Waals surface area contributed by atoms with Crippen molar-refractivity contribution in [3.05, 3.63) is 35.6 Å². The van der Waals surface area contributed by atoms with Gasteiger partial charge in [0.25, 0.3) is 0 Å². The first kappa shape index (κ1) is 11.0. The second-order valence-corrected chi connectivity index (χ2v) is 3.56. The fourth-order valence-corrected chi connectivity index (χ4v) is 1.55. The van der Waals surface area contributed by atoms with Gasteiger partial charge >= 0.3 is 5.97 Å². The average Bonchev–Trinajstić information content (AvgIpc) is 2.66. The molecule has 5 heteroatoms. The highest BCUT2D eigenvalue weighted by Gasteiger charge is 2.31. The molecule has 1 heterocycles. The number of halogens is 1. The smallest absolute Gasteiger partial charge is 0.335 e. The van der Waals surface area contributed by atoms with Gasteiger partial charge in [0.2, 0.25) is 0 Å². The van der Waals surface area contributed by atoms with Crippen LogP contribution in [0.3, 0.4) is 0 Å². The molecule has 16 heavy (non-hydrogen) atoms. The number of rotatable bonds is 3. The molecule has 2 rings (SSSR count). The maximum atomic E-state index is 12.9. The lowest BCUT2D eigenvalue weighted by molar-refractivity contribution is -0.150. The minimum absolute atomic E-state index is 0.0370. The van der Waals surface area contributed by atoms with E-state index in [4.69, 9.17) is 14.6 Å². The van der Waals surface area contributed by atoms with Crippen LogP contribution in [-0.2, 0) is 20.7 Å². The van der Waals surface area contributed by atoms with Crippen LogP contribution in [0.2, 0.25) is 0 Å². The number of carboxylic acid groups (broad SMARTS) is 1. The van der Waals surface area contributed by atoms with E-state index in [1.54, 1.807) is 12.1 Å². The zero-order valence-electron chi connectivity index (χ0n) is 8.43. The summed E-state index contributed by atoms with van der Waals surface area (Å²) in [5, 5.41) is 8.68. The predicted molar refractivity (Wildman–Crippen MR) is 52.4 cm³/mol. The molecule has 1 N–H and O–H groups in total. The van der Waals surface area contributed by atoms with Crippen molar-refractivity contribution in [2.24, 2.45) is 0 Å². The Balaban J connectivity index is 1.94. The molecular formula is C11H11FO4. The lowest BCUT2D eigenvalue weighted by Crippen LogP contribution is -2.23. The van der Waals surface area contributed by atoms with E-state index < -0.39 is 18.4 Å². The van der Waals surface area contributed by atoms with Gasteiger partial charge < -0.3 is 14.6 Å². The predicted octanol–water partition coefficient (Wildman–Crippen LogP) is 1.19. The number of hydrogen-bond acceptors (Lipinski definition) is 3. The highest BCUT2D eigenvalue weighted by atomic mass is 19.1. The fourth-order valence-electron chi connectivity index (χ4n) is 1.55. The molecular weight excluding hydrogens is 215 g/mol. The third-order valence-corrected chi connectivity index (χ3v) is 2.32. The lowest BCUT2D eigenvalue weighted by atomic mass is 10.1. The summed E-state index contributed by atoms with van der Waals surface area (Å²) < 4.78 is 23.1. The Bertz CT molecular complexity index is 393. The molecule has 2 unspecified atom stereocenters. The molecule has 2 atom stereocenters. The van der Waals surface area contributed by atoms with Crippen LogP contribution in [0.1, 0.15) is 5.56 Å². The number of benzene rings is 1. The van der Waals surface area contributed by atoms with Crippen LogP contribution in [0.4, 0.5) is 4.39 Å². The van der Waals surface area contributed by atoms with Crippen molar-refractivity contribution in [3.8, 4) is 0 Å². The van der Waals surface area contributed by atoms with Crippen LogP contribution in [0.25, 0.3) is 0 Å². The van der Waals surface area contributed by atoms with Crippen LogP contribution in [0, 0.1) is 5.82 Å².